The van der Waals surface area contributed by atoms with Gasteiger partial charge in [-0.05, 0) is 47.6 Å². The van der Waals surface area contributed by atoms with Crippen LogP contribution in [0, 0.1) is 5.92 Å². The van der Waals surface area contributed by atoms with Gasteiger partial charge in [0, 0.05) is 18.8 Å². The zero-order valence-electron chi connectivity index (χ0n) is 14.6. The smallest absolute Gasteiger partial charge is 0.308 e. The average Bonchev–Trinajstić information content (AvgIpc) is 2.60. The number of ether oxygens (including phenoxy) is 1. The number of methoxy groups -OCH3 is 1. The van der Waals surface area contributed by atoms with Crippen molar-refractivity contribution in [2.24, 2.45) is 5.92 Å². The maximum atomic E-state index is 11.7. The average molecular weight is 341 g/mol. The van der Waals surface area contributed by atoms with E-state index in [-0.39, 0.29) is 18.3 Å². The topological polar surface area (TPSA) is 76.5 Å². The minimum absolute atomic E-state index is 0.0857. The van der Waals surface area contributed by atoms with E-state index in [1.807, 2.05) is 37.4 Å². The van der Waals surface area contributed by atoms with E-state index < -0.39 is 5.97 Å². The van der Waals surface area contributed by atoms with Crippen molar-refractivity contribution < 1.29 is 19.4 Å². The summed E-state index contributed by atoms with van der Waals surface area (Å²) in [4.78, 5) is 26.7. The molecule has 0 bridgehead atoms. The fraction of sp³-hybridized carbons (Fsp3) is 0.350. The Bertz CT molecular complexity index is 728. The Kier molecular flexibility index (Phi) is 6.69. The third-order valence-corrected chi connectivity index (χ3v) is 4.02. The first-order valence-electron chi connectivity index (χ1n) is 8.28. The van der Waals surface area contributed by atoms with E-state index in [2.05, 4.69) is 11.1 Å². The van der Waals surface area contributed by atoms with Gasteiger partial charge in [0.1, 0.15) is 0 Å². The van der Waals surface area contributed by atoms with Crippen LogP contribution in [0.4, 0.5) is 0 Å². The van der Waals surface area contributed by atoms with E-state index in [4.69, 9.17) is 9.84 Å². The van der Waals surface area contributed by atoms with Crippen LogP contribution in [-0.2, 0) is 33.6 Å². The molecule has 0 spiro atoms. The van der Waals surface area contributed by atoms with Crippen LogP contribution in [-0.4, -0.2) is 29.1 Å². The van der Waals surface area contributed by atoms with Crippen LogP contribution in [0.5, 0.6) is 0 Å². The molecule has 0 aliphatic carbocycles. The van der Waals surface area contributed by atoms with Crippen molar-refractivity contribution in [2.75, 3.05) is 7.11 Å². The van der Waals surface area contributed by atoms with Crippen molar-refractivity contribution in [3.63, 3.8) is 0 Å². The number of aromatic nitrogens is 1. The summed E-state index contributed by atoms with van der Waals surface area (Å²) >= 11 is 0. The zero-order chi connectivity index (χ0) is 18.2. The molecule has 2 rings (SSSR count). The fourth-order valence-corrected chi connectivity index (χ4v) is 2.83. The largest absolute Gasteiger partial charge is 0.481 e. The summed E-state index contributed by atoms with van der Waals surface area (Å²) in [5.41, 5.74) is 4.16. The minimum atomic E-state index is -0.817. The lowest BCUT2D eigenvalue weighted by molar-refractivity contribution is -0.144. The normalized spacial score (nSPS) is 11.8. The molecular weight excluding hydrogens is 318 g/mol. The van der Waals surface area contributed by atoms with Crippen LogP contribution in [0.3, 0.4) is 0 Å². The molecular formula is C20H23NO4. The molecule has 2 aromatic rings. The summed E-state index contributed by atoms with van der Waals surface area (Å²) < 4.78 is 4.79. The number of carboxylic acid groups (broad SMARTS) is 1. The molecule has 5 nitrogen and oxygen atoms in total. The van der Waals surface area contributed by atoms with Gasteiger partial charge in [-0.1, -0.05) is 31.2 Å². The molecule has 1 aromatic carbocycles. The van der Waals surface area contributed by atoms with Crippen molar-refractivity contribution in [1.29, 1.82) is 0 Å². The Labute approximate surface area is 147 Å². The second kappa shape index (κ2) is 8.97. The number of rotatable bonds is 8. The highest BCUT2D eigenvalue weighted by molar-refractivity contribution is 5.72. The van der Waals surface area contributed by atoms with Crippen molar-refractivity contribution >= 4 is 11.9 Å². The third kappa shape index (κ3) is 6.03. The first kappa shape index (κ1) is 18.6. The molecule has 0 aliphatic rings. The van der Waals surface area contributed by atoms with Crippen LogP contribution >= 0.6 is 0 Å². The Morgan fingerprint density at radius 2 is 1.88 bits per heavy atom. The van der Waals surface area contributed by atoms with E-state index in [0.29, 0.717) is 19.3 Å². The Hall–Kier alpha value is -2.69. The van der Waals surface area contributed by atoms with E-state index in [0.717, 1.165) is 22.3 Å². The molecule has 0 aliphatic heterocycles. The Balaban J connectivity index is 2.24. The summed E-state index contributed by atoms with van der Waals surface area (Å²) in [6, 6.07) is 9.98. The quantitative estimate of drug-likeness (QED) is 0.747. The molecule has 0 amide bonds. The number of hydrogen-bond donors (Lipinski definition) is 1. The molecule has 1 atom stereocenters. The second-order valence-electron chi connectivity index (χ2n) is 6.22. The lowest BCUT2D eigenvalue weighted by Crippen LogP contribution is -2.15. The number of carbonyl (C=O) groups is 2. The Morgan fingerprint density at radius 3 is 2.52 bits per heavy atom. The van der Waals surface area contributed by atoms with Crippen LogP contribution < -0.4 is 0 Å². The number of carbonyl (C=O) groups excluding carboxylic acids is 1. The SMILES string of the molecule is COC(=O)C(C)Cc1cc(CCC(=O)O)cc(Cc2cccnc2)c1. The summed E-state index contributed by atoms with van der Waals surface area (Å²) in [5, 5.41) is 8.93. The number of esters is 1. The predicted molar refractivity (Wildman–Crippen MR) is 94.3 cm³/mol. The van der Waals surface area contributed by atoms with Crippen LogP contribution in [0.2, 0.25) is 0 Å². The number of carboxylic acids is 1. The molecule has 0 radical (unpaired) electrons. The van der Waals surface area contributed by atoms with Crippen LogP contribution in [0.15, 0.2) is 42.7 Å². The molecule has 0 fully saturated rings. The van der Waals surface area contributed by atoms with Gasteiger partial charge in [0.25, 0.3) is 0 Å². The lowest BCUT2D eigenvalue weighted by atomic mass is 9.94. The van der Waals surface area contributed by atoms with Crippen molar-refractivity contribution in [1.82, 2.24) is 4.98 Å². The third-order valence-electron chi connectivity index (χ3n) is 4.02. The van der Waals surface area contributed by atoms with Crippen molar-refractivity contribution in [3.05, 3.63) is 65.0 Å². The second-order valence-corrected chi connectivity index (χ2v) is 6.22. The summed E-state index contributed by atoms with van der Waals surface area (Å²) in [7, 11) is 1.38. The highest BCUT2D eigenvalue weighted by atomic mass is 16.5. The van der Waals surface area contributed by atoms with Crippen molar-refractivity contribution in [2.45, 2.75) is 32.6 Å². The van der Waals surface area contributed by atoms with E-state index >= 15 is 0 Å². The fourth-order valence-electron chi connectivity index (χ4n) is 2.83. The number of aliphatic carboxylic acids is 1. The molecule has 132 valence electrons. The van der Waals surface area contributed by atoms with Gasteiger partial charge < -0.3 is 9.84 Å². The standard InChI is InChI=1S/C20H23NO4/c1-14(20(24)25-2)8-17-9-15(5-6-19(22)23)10-18(12-17)11-16-4-3-7-21-13-16/h3-4,7,9-10,12-14H,5-6,8,11H2,1-2H3,(H,22,23). The van der Waals surface area contributed by atoms with Crippen molar-refractivity contribution in [3.8, 4) is 0 Å². The number of benzene rings is 1. The Morgan fingerprint density at radius 1 is 1.16 bits per heavy atom. The number of pyridine rings is 1. The van der Waals surface area contributed by atoms with Gasteiger partial charge in [0.05, 0.1) is 13.0 Å². The van der Waals surface area contributed by atoms with Gasteiger partial charge in [-0.25, -0.2) is 0 Å². The predicted octanol–water partition coefficient (Wildman–Crippen LogP) is 3.04. The van der Waals surface area contributed by atoms with Gasteiger partial charge in [-0.3, -0.25) is 14.6 Å². The van der Waals surface area contributed by atoms with E-state index in [1.165, 1.54) is 7.11 Å². The maximum Gasteiger partial charge on any atom is 0.308 e. The lowest BCUT2D eigenvalue weighted by Gasteiger charge is -2.13. The summed E-state index contributed by atoms with van der Waals surface area (Å²) in [6.45, 7) is 1.83. The van der Waals surface area contributed by atoms with Gasteiger partial charge in [0.2, 0.25) is 0 Å². The maximum absolute atomic E-state index is 11.7. The number of nitrogens with zero attached hydrogens (tertiary/aromatic N) is 1. The van der Waals surface area contributed by atoms with Crippen LogP contribution in [0.25, 0.3) is 0 Å². The summed E-state index contributed by atoms with van der Waals surface area (Å²) in [5.74, 6) is -1.31. The molecule has 1 aromatic heterocycles. The van der Waals surface area contributed by atoms with E-state index in [1.54, 1.807) is 6.20 Å². The highest BCUT2D eigenvalue weighted by Crippen LogP contribution is 2.19. The molecule has 25 heavy (non-hydrogen) atoms. The van der Waals surface area contributed by atoms with Gasteiger partial charge in [-0.2, -0.15) is 0 Å². The van der Waals surface area contributed by atoms with Gasteiger partial charge in [0.15, 0.2) is 0 Å². The monoisotopic (exact) mass is 341 g/mol. The van der Waals surface area contributed by atoms with Gasteiger partial charge in [-0.15, -0.1) is 0 Å². The molecule has 5 heteroatoms. The molecule has 1 N–H and O–H groups in total. The molecule has 0 saturated heterocycles. The van der Waals surface area contributed by atoms with Crippen LogP contribution in [0.1, 0.15) is 35.6 Å². The summed E-state index contributed by atoms with van der Waals surface area (Å²) in [6.07, 6.45) is 5.39. The molecule has 1 unspecified atom stereocenters. The molecule has 1 heterocycles. The number of aryl methyl sites for hydroxylation is 1. The number of hydrogen-bond acceptors (Lipinski definition) is 4. The van der Waals surface area contributed by atoms with E-state index in [9.17, 15) is 9.59 Å². The first-order chi connectivity index (χ1) is 12.0. The minimum Gasteiger partial charge on any atom is -0.481 e. The van der Waals surface area contributed by atoms with Gasteiger partial charge >= 0.3 is 11.9 Å². The zero-order valence-corrected chi connectivity index (χ0v) is 14.6. The highest BCUT2D eigenvalue weighted by Gasteiger charge is 2.15. The molecule has 0 saturated carbocycles. The first-order valence-corrected chi connectivity index (χ1v) is 8.28.